The molecule has 25 heavy (non-hydrogen) atoms. The third-order valence-corrected chi connectivity index (χ3v) is 4.16. The highest BCUT2D eigenvalue weighted by atomic mass is 19.1. The molecule has 0 radical (unpaired) electrons. The maximum Gasteiger partial charge on any atom is 0.330 e. The number of anilines is 1. The SMILES string of the molecule is Nc1ccc(Cc2cn([C@@H]3O[C@H](CO)[C@@H](O)[C@@H]3F)c(=O)[nH]c2=O)cc1. The van der Waals surface area contributed by atoms with E-state index in [1.807, 2.05) is 0 Å². The van der Waals surface area contributed by atoms with Gasteiger partial charge in [0.1, 0.15) is 12.2 Å². The summed E-state index contributed by atoms with van der Waals surface area (Å²) in [5.41, 5.74) is 5.75. The van der Waals surface area contributed by atoms with Crippen molar-refractivity contribution in [2.45, 2.75) is 31.0 Å². The first-order valence-corrected chi connectivity index (χ1v) is 7.68. The van der Waals surface area contributed by atoms with Gasteiger partial charge < -0.3 is 20.7 Å². The van der Waals surface area contributed by atoms with Crippen LogP contribution >= 0.6 is 0 Å². The van der Waals surface area contributed by atoms with Crippen LogP contribution in [0.5, 0.6) is 0 Å². The van der Waals surface area contributed by atoms with Gasteiger partial charge in [-0.2, -0.15) is 0 Å². The summed E-state index contributed by atoms with van der Waals surface area (Å²) in [7, 11) is 0. The van der Waals surface area contributed by atoms with Crippen molar-refractivity contribution >= 4 is 5.69 Å². The van der Waals surface area contributed by atoms with Crippen LogP contribution in [0.1, 0.15) is 17.4 Å². The lowest BCUT2D eigenvalue weighted by molar-refractivity contribution is -0.0492. The van der Waals surface area contributed by atoms with Gasteiger partial charge >= 0.3 is 5.69 Å². The van der Waals surface area contributed by atoms with Gasteiger partial charge in [-0.15, -0.1) is 0 Å². The van der Waals surface area contributed by atoms with Gasteiger partial charge in [-0.05, 0) is 17.7 Å². The Balaban J connectivity index is 1.95. The number of rotatable bonds is 4. The summed E-state index contributed by atoms with van der Waals surface area (Å²) in [6.07, 6.45) is -4.63. The minimum Gasteiger partial charge on any atom is -0.399 e. The Morgan fingerprint density at radius 3 is 2.56 bits per heavy atom. The average molecular weight is 351 g/mol. The first-order valence-electron chi connectivity index (χ1n) is 7.68. The molecule has 0 amide bonds. The Morgan fingerprint density at radius 1 is 1.28 bits per heavy atom. The number of nitrogen functional groups attached to an aromatic ring is 1. The lowest BCUT2D eigenvalue weighted by atomic mass is 10.1. The number of hydrogen-bond donors (Lipinski definition) is 4. The van der Waals surface area contributed by atoms with Crippen molar-refractivity contribution in [2.24, 2.45) is 0 Å². The standard InChI is InChI=1S/C16H18FN3O5/c17-12-13(22)11(7-21)25-15(12)20-6-9(14(23)19-16(20)24)5-8-1-3-10(18)4-2-8/h1-4,6,11-13,15,21-22H,5,7,18H2,(H,19,23,24)/t11-,12+,13-,15-/m1/s1. The molecule has 8 nitrogen and oxygen atoms in total. The minimum atomic E-state index is -1.91. The molecule has 0 saturated carbocycles. The number of aromatic nitrogens is 2. The second kappa shape index (κ2) is 6.79. The van der Waals surface area contributed by atoms with Crippen LogP contribution < -0.4 is 17.0 Å². The molecule has 1 aliphatic rings. The van der Waals surface area contributed by atoms with Crippen LogP contribution in [0.2, 0.25) is 0 Å². The zero-order valence-corrected chi connectivity index (χ0v) is 13.1. The van der Waals surface area contributed by atoms with Gasteiger partial charge in [0.15, 0.2) is 12.4 Å². The summed E-state index contributed by atoms with van der Waals surface area (Å²) in [4.78, 5) is 26.2. The molecule has 4 atom stereocenters. The molecular weight excluding hydrogens is 333 g/mol. The van der Waals surface area contributed by atoms with Crippen molar-refractivity contribution in [1.82, 2.24) is 9.55 Å². The van der Waals surface area contributed by atoms with Gasteiger partial charge in [-0.3, -0.25) is 14.3 Å². The van der Waals surface area contributed by atoms with Gasteiger partial charge in [0.2, 0.25) is 0 Å². The molecule has 2 heterocycles. The van der Waals surface area contributed by atoms with Crippen LogP contribution in [0.4, 0.5) is 10.1 Å². The van der Waals surface area contributed by atoms with Crippen LogP contribution in [-0.2, 0) is 11.2 Å². The average Bonchev–Trinajstić information content (AvgIpc) is 2.87. The number of nitrogens with one attached hydrogen (secondary N) is 1. The molecule has 0 spiro atoms. The van der Waals surface area contributed by atoms with E-state index < -0.39 is 42.5 Å². The first-order chi connectivity index (χ1) is 11.9. The smallest absolute Gasteiger partial charge is 0.330 e. The normalized spacial score (nSPS) is 26.0. The number of nitrogens with two attached hydrogens (primary N) is 1. The van der Waals surface area contributed by atoms with E-state index in [4.69, 9.17) is 15.6 Å². The van der Waals surface area contributed by atoms with Crippen molar-refractivity contribution in [3.05, 3.63) is 62.4 Å². The van der Waals surface area contributed by atoms with E-state index >= 15 is 0 Å². The van der Waals surface area contributed by atoms with Crippen LogP contribution in [0.3, 0.4) is 0 Å². The van der Waals surface area contributed by atoms with Crippen LogP contribution in [0, 0.1) is 0 Å². The van der Waals surface area contributed by atoms with E-state index in [0.717, 1.165) is 10.1 Å². The molecule has 1 saturated heterocycles. The van der Waals surface area contributed by atoms with Crippen molar-refractivity contribution in [3.63, 3.8) is 0 Å². The third kappa shape index (κ3) is 3.34. The van der Waals surface area contributed by atoms with Crippen LogP contribution in [0.25, 0.3) is 0 Å². The highest BCUT2D eigenvalue weighted by Crippen LogP contribution is 2.30. The maximum absolute atomic E-state index is 14.2. The summed E-state index contributed by atoms with van der Waals surface area (Å²) >= 11 is 0. The van der Waals surface area contributed by atoms with Crippen LogP contribution in [-0.4, -0.2) is 44.8 Å². The summed E-state index contributed by atoms with van der Waals surface area (Å²) in [6.45, 7) is -0.589. The van der Waals surface area contributed by atoms with Crippen LogP contribution in [0.15, 0.2) is 40.1 Å². The lowest BCUT2D eigenvalue weighted by Gasteiger charge is -2.16. The summed E-state index contributed by atoms with van der Waals surface area (Å²) in [6, 6.07) is 6.83. The molecule has 134 valence electrons. The van der Waals surface area contributed by atoms with Gasteiger partial charge in [0, 0.05) is 23.9 Å². The third-order valence-electron chi connectivity index (χ3n) is 4.16. The largest absolute Gasteiger partial charge is 0.399 e. The number of hydrogen-bond acceptors (Lipinski definition) is 6. The van der Waals surface area contributed by atoms with E-state index in [9.17, 15) is 19.1 Å². The predicted molar refractivity (Wildman–Crippen MR) is 86.9 cm³/mol. The predicted octanol–water partition coefficient (Wildman–Crippen LogP) is -0.702. The Labute approximate surface area is 141 Å². The zero-order valence-electron chi connectivity index (χ0n) is 13.1. The second-order valence-electron chi connectivity index (χ2n) is 5.92. The molecule has 1 aliphatic heterocycles. The molecule has 1 fully saturated rings. The number of aliphatic hydroxyl groups excluding tert-OH is 2. The number of alkyl halides is 1. The molecule has 3 rings (SSSR count). The highest BCUT2D eigenvalue weighted by Gasteiger charge is 2.45. The van der Waals surface area contributed by atoms with Gasteiger partial charge in [0.25, 0.3) is 5.56 Å². The second-order valence-corrected chi connectivity index (χ2v) is 5.92. The first kappa shape index (κ1) is 17.3. The molecule has 2 aromatic rings. The Bertz CT molecular complexity index is 863. The van der Waals surface area contributed by atoms with E-state index in [-0.39, 0.29) is 12.0 Å². The summed E-state index contributed by atoms with van der Waals surface area (Å²) < 4.78 is 20.3. The lowest BCUT2D eigenvalue weighted by Crippen LogP contribution is -2.37. The van der Waals surface area contributed by atoms with Crippen molar-refractivity contribution < 1.29 is 19.3 Å². The van der Waals surface area contributed by atoms with Crippen molar-refractivity contribution in [1.29, 1.82) is 0 Å². The molecule has 0 aliphatic carbocycles. The number of H-pyrrole nitrogens is 1. The van der Waals surface area contributed by atoms with Gasteiger partial charge in [-0.25, -0.2) is 9.18 Å². The maximum atomic E-state index is 14.2. The van der Waals surface area contributed by atoms with Crippen molar-refractivity contribution in [3.8, 4) is 0 Å². The molecule has 1 aromatic carbocycles. The molecule has 0 unspecified atom stereocenters. The number of halogens is 1. The molecule has 9 heteroatoms. The van der Waals surface area contributed by atoms with E-state index in [0.29, 0.717) is 5.69 Å². The topological polar surface area (TPSA) is 131 Å². The fraction of sp³-hybridized carbons (Fsp3) is 0.375. The summed E-state index contributed by atoms with van der Waals surface area (Å²) in [5.74, 6) is 0. The summed E-state index contributed by atoms with van der Waals surface area (Å²) in [5, 5.41) is 18.8. The number of ether oxygens (including phenoxy) is 1. The Morgan fingerprint density at radius 2 is 1.96 bits per heavy atom. The van der Waals surface area contributed by atoms with Gasteiger partial charge in [0.05, 0.1) is 6.61 Å². The minimum absolute atomic E-state index is 0.200. The monoisotopic (exact) mass is 351 g/mol. The van der Waals surface area contributed by atoms with E-state index in [2.05, 4.69) is 4.98 Å². The van der Waals surface area contributed by atoms with E-state index in [1.54, 1.807) is 24.3 Å². The molecule has 1 aromatic heterocycles. The quantitative estimate of drug-likeness (QED) is 0.539. The Kier molecular flexibility index (Phi) is 4.71. The molecule has 0 bridgehead atoms. The highest BCUT2D eigenvalue weighted by molar-refractivity contribution is 5.40. The van der Waals surface area contributed by atoms with E-state index in [1.165, 1.54) is 6.20 Å². The zero-order chi connectivity index (χ0) is 18.1. The molecular formula is C16H18FN3O5. The number of nitrogens with zero attached hydrogens (tertiary/aromatic N) is 1. The number of benzene rings is 1. The molecule has 5 N–H and O–H groups in total. The number of aliphatic hydroxyl groups is 2. The number of aromatic amines is 1. The Hall–Kier alpha value is -2.49. The van der Waals surface area contributed by atoms with Crippen molar-refractivity contribution in [2.75, 3.05) is 12.3 Å². The van der Waals surface area contributed by atoms with Gasteiger partial charge in [-0.1, -0.05) is 12.1 Å². The fourth-order valence-electron chi connectivity index (χ4n) is 2.78. The fourth-order valence-corrected chi connectivity index (χ4v) is 2.78.